The summed E-state index contributed by atoms with van der Waals surface area (Å²) < 4.78 is 11.3. The second-order valence-electron chi connectivity index (χ2n) is 7.96. The summed E-state index contributed by atoms with van der Waals surface area (Å²) in [7, 11) is 3.42. The van der Waals surface area contributed by atoms with E-state index in [1.807, 2.05) is 31.2 Å². The summed E-state index contributed by atoms with van der Waals surface area (Å²) in [5.74, 6) is 1.79. The highest BCUT2D eigenvalue weighted by Gasteiger charge is 2.39. The Morgan fingerprint density at radius 1 is 1.31 bits per heavy atom. The Morgan fingerprint density at radius 2 is 2.03 bits per heavy atom. The molecule has 1 atom stereocenters. The number of carbonyl (C=O) groups excluding carboxylic acids is 1. The first kappa shape index (κ1) is 19.2. The lowest BCUT2D eigenvalue weighted by molar-refractivity contribution is 0.0741. The van der Waals surface area contributed by atoms with E-state index in [9.17, 15) is 4.79 Å². The van der Waals surface area contributed by atoms with E-state index >= 15 is 0 Å². The highest BCUT2D eigenvalue weighted by atomic mass is 16.5. The molecule has 0 saturated heterocycles. The van der Waals surface area contributed by atoms with Crippen LogP contribution in [0.25, 0.3) is 11.1 Å². The van der Waals surface area contributed by atoms with Gasteiger partial charge in [0.25, 0.3) is 5.91 Å². The molecule has 4 rings (SSSR count). The van der Waals surface area contributed by atoms with Crippen LogP contribution >= 0.6 is 0 Å². The number of hydrogen-bond donors (Lipinski definition) is 1. The Labute approximate surface area is 170 Å². The lowest BCUT2D eigenvalue weighted by Crippen LogP contribution is -2.30. The predicted molar refractivity (Wildman–Crippen MR) is 111 cm³/mol. The van der Waals surface area contributed by atoms with Gasteiger partial charge in [-0.2, -0.15) is 0 Å². The molecule has 3 aromatic rings. The molecule has 1 fully saturated rings. The first-order valence-electron chi connectivity index (χ1n) is 9.77. The minimum absolute atomic E-state index is 0.0172. The van der Waals surface area contributed by atoms with Gasteiger partial charge in [-0.3, -0.25) is 4.79 Å². The molecule has 0 spiro atoms. The number of carbonyl (C=O) groups is 1. The lowest BCUT2D eigenvalue weighted by atomic mass is 10.0. The molecule has 1 saturated carbocycles. The second-order valence-corrected chi connectivity index (χ2v) is 7.96. The van der Waals surface area contributed by atoms with E-state index in [0.717, 1.165) is 24.2 Å². The normalized spacial score (nSPS) is 15.8. The van der Waals surface area contributed by atoms with Gasteiger partial charge in [0.1, 0.15) is 23.7 Å². The number of benzene rings is 1. The van der Waals surface area contributed by atoms with Gasteiger partial charge in [-0.15, -0.1) is 0 Å². The minimum atomic E-state index is -0.190. The molecule has 0 bridgehead atoms. The number of nitrogens with zero attached hydrogens (tertiary/aromatic N) is 3. The van der Waals surface area contributed by atoms with Crippen LogP contribution in [0.2, 0.25) is 0 Å². The first-order chi connectivity index (χ1) is 13.8. The van der Waals surface area contributed by atoms with Gasteiger partial charge in [0.15, 0.2) is 0 Å². The molecule has 152 valence electrons. The smallest absolute Gasteiger partial charge is 0.258 e. The van der Waals surface area contributed by atoms with Crippen molar-refractivity contribution in [1.82, 2.24) is 14.9 Å². The predicted octanol–water partition coefficient (Wildman–Crippen LogP) is 4.34. The summed E-state index contributed by atoms with van der Waals surface area (Å²) in [6.45, 7) is 5.92. The maximum Gasteiger partial charge on any atom is 0.258 e. The summed E-state index contributed by atoms with van der Waals surface area (Å²) in [5.41, 5.74) is 1.88. The molecule has 7 heteroatoms. The Bertz CT molecular complexity index is 1070. The van der Waals surface area contributed by atoms with Crippen LogP contribution in [0, 0.1) is 6.92 Å². The molecule has 1 N–H and O–H groups in total. The van der Waals surface area contributed by atoms with Gasteiger partial charge in [0.05, 0.1) is 24.1 Å². The highest BCUT2D eigenvalue weighted by Crippen LogP contribution is 2.40. The molecule has 1 amide bonds. The van der Waals surface area contributed by atoms with E-state index in [2.05, 4.69) is 22.2 Å². The average Bonchev–Trinajstić information content (AvgIpc) is 3.34. The van der Waals surface area contributed by atoms with Crippen LogP contribution in [0.5, 0.6) is 5.75 Å². The number of rotatable bonds is 6. The number of furan rings is 1. The zero-order valence-electron chi connectivity index (χ0n) is 17.4. The molecule has 2 heterocycles. The van der Waals surface area contributed by atoms with Crippen molar-refractivity contribution in [2.75, 3.05) is 19.5 Å². The standard InChI is InChI=1S/C22H26N4O3/c1-13(15-8-6-7-9-16(15)28-5)26(4)21(27)17-14(2)29-20-18(17)19(23-12-24-20)25-22(3)10-11-22/h6-9,12-13H,10-11H2,1-5H3,(H,23,24,25). The lowest BCUT2D eigenvalue weighted by Gasteiger charge is -2.26. The second kappa shape index (κ2) is 7.06. The maximum atomic E-state index is 13.5. The fourth-order valence-corrected chi connectivity index (χ4v) is 3.57. The number of ether oxygens (including phenoxy) is 1. The van der Waals surface area contributed by atoms with Gasteiger partial charge < -0.3 is 19.4 Å². The van der Waals surface area contributed by atoms with E-state index in [-0.39, 0.29) is 17.5 Å². The number of aromatic nitrogens is 2. The maximum absolute atomic E-state index is 13.5. The molecule has 29 heavy (non-hydrogen) atoms. The number of amides is 1. The number of fused-ring (bicyclic) bond motifs is 1. The highest BCUT2D eigenvalue weighted by molar-refractivity contribution is 6.10. The number of aryl methyl sites for hydroxylation is 1. The molecule has 0 radical (unpaired) electrons. The number of methoxy groups -OCH3 is 1. The van der Waals surface area contributed by atoms with Crippen LogP contribution < -0.4 is 10.1 Å². The number of nitrogens with one attached hydrogen (secondary N) is 1. The molecule has 7 nitrogen and oxygen atoms in total. The third kappa shape index (κ3) is 3.41. The number of anilines is 1. The molecule has 1 aromatic carbocycles. The summed E-state index contributed by atoms with van der Waals surface area (Å²) in [6, 6.07) is 7.53. The number of para-hydroxylation sites is 1. The molecular formula is C22H26N4O3. The third-order valence-electron chi connectivity index (χ3n) is 5.79. The van der Waals surface area contributed by atoms with Gasteiger partial charge >= 0.3 is 0 Å². The molecule has 1 aliphatic rings. The van der Waals surface area contributed by atoms with Gasteiger partial charge in [0.2, 0.25) is 5.71 Å². The van der Waals surface area contributed by atoms with E-state index in [0.29, 0.717) is 28.2 Å². The van der Waals surface area contributed by atoms with Crippen LogP contribution in [-0.4, -0.2) is 40.5 Å². The Kier molecular flexibility index (Phi) is 4.68. The fourth-order valence-electron chi connectivity index (χ4n) is 3.57. The minimum Gasteiger partial charge on any atom is -0.496 e. The quantitative estimate of drug-likeness (QED) is 0.670. The van der Waals surface area contributed by atoms with Crippen molar-refractivity contribution in [2.45, 2.75) is 45.2 Å². The van der Waals surface area contributed by atoms with Crippen molar-refractivity contribution in [1.29, 1.82) is 0 Å². The molecule has 1 unspecified atom stereocenters. The zero-order valence-corrected chi connectivity index (χ0v) is 17.4. The van der Waals surface area contributed by atoms with E-state index in [4.69, 9.17) is 9.15 Å². The van der Waals surface area contributed by atoms with Gasteiger partial charge in [-0.1, -0.05) is 18.2 Å². The topological polar surface area (TPSA) is 80.5 Å². The van der Waals surface area contributed by atoms with Crippen molar-refractivity contribution in [3.63, 3.8) is 0 Å². The van der Waals surface area contributed by atoms with Gasteiger partial charge in [0, 0.05) is 18.2 Å². The van der Waals surface area contributed by atoms with Crippen LogP contribution in [0.3, 0.4) is 0 Å². The van der Waals surface area contributed by atoms with Crippen molar-refractivity contribution in [3.8, 4) is 5.75 Å². The SMILES string of the molecule is COc1ccccc1C(C)N(C)C(=O)c1c(C)oc2ncnc(NC3(C)CC3)c12. The van der Waals surface area contributed by atoms with Crippen LogP contribution in [0.1, 0.15) is 54.4 Å². The Morgan fingerprint density at radius 3 is 2.72 bits per heavy atom. The summed E-state index contributed by atoms with van der Waals surface area (Å²) in [6.07, 6.45) is 3.61. The van der Waals surface area contributed by atoms with Crippen molar-refractivity contribution >= 4 is 22.8 Å². The van der Waals surface area contributed by atoms with Gasteiger partial charge in [-0.25, -0.2) is 9.97 Å². The van der Waals surface area contributed by atoms with Crippen LogP contribution in [0.15, 0.2) is 35.0 Å². The van der Waals surface area contributed by atoms with Crippen LogP contribution in [0.4, 0.5) is 5.82 Å². The summed E-state index contributed by atoms with van der Waals surface area (Å²) >= 11 is 0. The van der Waals surface area contributed by atoms with Crippen LogP contribution in [-0.2, 0) is 0 Å². The average molecular weight is 394 g/mol. The fraction of sp³-hybridized carbons (Fsp3) is 0.409. The van der Waals surface area contributed by atoms with Gasteiger partial charge in [-0.05, 0) is 39.7 Å². The molecule has 2 aromatic heterocycles. The Hall–Kier alpha value is -3.09. The molecule has 1 aliphatic carbocycles. The van der Waals surface area contributed by atoms with Crippen molar-refractivity contribution in [2.24, 2.45) is 0 Å². The first-order valence-corrected chi connectivity index (χ1v) is 9.77. The zero-order chi connectivity index (χ0) is 20.8. The molecular weight excluding hydrogens is 368 g/mol. The third-order valence-corrected chi connectivity index (χ3v) is 5.79. The van der Waals surface area contributed by atoms with E-state index < -0.39 is 0 Å². The van der Waals surface area contributed by atoms with Crippen molar-refractivity contribution in [3.05, 3.63) is 47.5 Å². The summed E-state index contributed by atoms with van der Waals surface area (Å²) in [5, 5.41) is 4.10. The Balaban J connectivity index is 1.73. The molecule has 0 aliphatic heterocycles. The summed E-state index contributed by atoms with van der Waals surface area (Å²) in [4.78, 5) is 23.9. The van der Waals surface area contributed by atoms with Crippen molar-refractivity contribution < 1.29 is 13.9 Å². The van der Waals surface area contributed by atoms with E-state index in [1.54, 1.807) is 26.0 Å². The largest absolute Gasteiger partial charge is 0.496 e. The monoisotopic (exact) mass is 394 g/mol. The number of hydrogen-bond acceptors (Lipinski definition) is 6. The van der Waals surface area contributed by atoms with E-state index in [1.165, 1.54) is 6.33 Å².